The summed E-state index contributed by atoms with van der Waals surface area (Å²) < 4.78 is 65.3. The van der Waals surface area contributed by atoms with Gasteiger partial charge in [0.1, 0.15) is 5.01 Å². The summed E-state index contributed by atoms with van der Waals surface area (Å²) in [5, 5.41) is 1.73. The maximum absolute atomic E-state index is 13.3. The van der Waals surface area contributed by atoms with E-state index in [1.165, 1.54) is 11.6 Å². The van der Waals surface area contributed by atoms with E-state index in [2.05, 4.69) is 4.98 Å². The van der Waals surface area contributed by atoms with Crippen LogP contribution in [0.4, 0.5) is 22.0 Å². The van der Waals surface area contributed by atoms with Crippen molar-refractivity contribution >= 4 is 17.1 Å². The Kier molecular flexibility index (Phi) is 3.61. The number of ketones is 1. The van der Waals surface area contributed by atoms with Crippen molar-refractivity contribution in [1.29, 1.82) is 0 Å². The first kappa shape index (κ1) is 13.6. The number of hydrogen-bond acceptors (Lipinski definition) is 3. The molecule has 0 atom stereocenters. The summed E-state index contributed by atoms with van der Waals surface area (Å²) >= 11 is 1.03. The summed E-state index contributed by atoms with van der Waals surface area (Å²) in [6, 6.07) is 0. The second-order valence-corrected chi connectivity index (χ2v) is 4.45. The quantitative estimate of drug-likeness (QED) is 0.376. The molecule has 0 N–H and O–H groups in total. The van der Waals surface area contributed by atoms with E-state index in [1.54, 1.807) is 0 Å². The van der Waals surface area contributed by atoms with Crippen LogP contribution < -0.4 is 0 Å². The lowest BCUT2D eigenvalue weighted by atomic mass is 10.1. The van der Waals surface area contributed by atoms with Crippen LogP contribution in [0.25, 0.3) is 0 Å². The third-order valence-corrected chi connectivity index (χ3v) is 3.06. The number of thiazole rings is 1. The molecule has 0 fully saturated rings. The van der Waals surface area contributed by atoms with E-state index in [0.29, 0.717) is 0 Å². The molecule has 0 amide bonds. The second-order valence-electron chi connectivity index (χ2n) is 3.47. The molecule has 100 valence electrons. The van der Waals surface area contributed by atoms with Gasteiger partial charge in [0.15, 0.2) is 29.1 Å². The molecule has 1 aromatic heterocycles. The van der Waals surface area contributed by atoms with Gasteiger partial charge in [0.2, 0.25) is 5.82 Å². The molecule has 0 radical (unpaired) electrons. The van der Waals surface area contributed by atoms with Crippen molar-refractivity contribution in [3.63, 3.8) is 0 Å². The molecule has 0 unspecified atom stereocenters. The van der Waals surface area contributed by atoms with Crippen molar-refractivity contribution in [3.8, 4) is 0 Å². The van der Waals surface area contributed by atoms with Gasteiger partial charge in [-0.1, -0.05) is 0 Å². The molecule has 0 aliphatic heterocycles. The number of rotatable bonds is 3. The zero-order chi connectivity index (χ0) is 14.2. The predicted octanol–water partition coefficient (Wildman–Crippen LogP) is 3.26. The Morgan fingerprint density at radius 1 is 1.00 bits per heavy atom. The number of carbonyl (C=O) groups excluding carboxylic acids is 1. The van der Waals surface area contributed by atoms with Crippen LogP contribution >= 0.6 is 11.3 Å². The van der Waals surface area contributed by atoms with Crippen molar-refractivity contribution in [3.05, 3.63) is 51.2 Å². The number of carbonyl (C=O) groups is 1. The average Bonchev–Trinajstić information content (AvgIpc) is 2.87. The molecular formula is C11H4F5NOS. The lowest BCUT2D eigenvalue weighted by molar-refractivity contribution is 0.0981. The fourth-order valence-corrected chi connectivity index (χ4v) is 2.03. The summed E-state index contributed by atoms with van der Waals surface area (Å²) in [6.45, 7) is 0. The van der Waals surface area contributed by atoms with Gasteiger partial charge in [-0.15, -0.1) is 11.3 Å². The molecule has 0 saturated carbocycles. The van der Waals surface area contributed by atoms with Crippen LogP contribution in [0.5, 0.6) is 0 Å². The Labute approximate surface area is 107 Å². The molecule has 2 rings (SSSR count). The van der Waals surface area contributed by atoms with Gasteiger partial charge in [-0.2, -0.15) is 0 Å². The summed E-state index contributed by atoms with van der Waals surface area (Å²) in [5.74, 6) is -12.0. The largest absolute Gasteiger partial charge is 0.293 e. The first-order valence-corrected chi connectivity index (χ1v) is 5.74. The van der Waals surface area contributed by atoms with Gasteiger partial charge >= 0.3 is 0 Å². The molecule has 0 spiro atoms. The number of aromatic nitrogens is 1. The van der Waals surface area contributed by atoms with Gasteiger partial charge < -0.3 is 0 Å². The number of benzene rings is 1. The highest BCUT2D eigenvalue weighted by atomic mass is 32.1. The van der Waals surface area contributed by atoms with Gasteiger partial charge in [-0.05, 0) is 0 Å². The van der Waals surface area contributed by atoms with E-state index in [1.807, 2.05) is 0 Å². The van der Waals surface area contributed by atoms with E-state index in [9.17, 15) is 26.7 Å². The fraction of sp³-hybridized carbons (Fsp3) is 0.0909. The zero-order valence-corrected chi connectivity index (χ0v) is 9.83. The molecular weight excluding hydrogens is 289 g/mol. The van der Waals surface area contributed by atoms with E-state index in [-0.39, 0.29) is 5.01 Å². The van der Waals surface area contributed by atoms with E-state index >= 15 is 0 Å². The van der Waals surface area contributed by atoms with Crippen molar-refractivity contribution in [2.75, 3.05) is 0 Å². The highest BCUT2D eigenvalue weighted by Crippen LogP contribution is 2.24. The normalized spacial score (nSPS) is 10.8. The van der Waals surface area contributed by atoms with Crippen LogP contribution in [0.15, 0.2) is 11.6 Å². The number of Topliss-reactive ketones (excluding diaryl/α,β-unsaturated/α-hetero) is 1. The van der Waals surface area contributed by atoms with E-state index < -0.39 is 46.9 Å². The Morgan fingerprint density at radius 2 is 1.53 bits per heavy atom. The lowest BCUT2D eigenvalue weighted by Gasteiger charge is -2.06. The minimum absolute atomic E-state index is 0.217. The van der Waals surface area contributed by atoms with Crippen LogP contribution in [-0.4, -0.2) is 10.8 Å². The van der Waals surface area contributed by atoms with E-state index in [4.69, 9.17) is 0 Å². The summed E-state index contributed by atoms with van der Waals surface area (Å²) in [5.41, 5.74) is -1.44. The molecule has 1 aromatic carbocycles. The monoisotopic (exact) mass is 293 g/mol. The third kappa shape index (κ3) is 2.35. The predicted molar refractivity (Wildman–Crippen MR) is 56.4 cm³/mol. The standard InChI is InChI=1S/C11H4F5NOS/c12-7-6(4(18)3-5-17-1-2-19-5)8(13)10(15)11(16)9(7)14/h1-2H,3H2. The Balaban J connectivity index is 2.48. The number of halogens is 5. The number of nitrogens with zero attached hydrogens (tertiary/aromatic N) is 1. The first-order chi connectivity index (χ1) is 8.93. The van der Waals surface area contributed by atoms with Gasteiger partial charge in [-0.3, -0.25) is 4.79 Å². The Hall–Kier alpha value is -1.83. The van der Waals surface area contributed by atoms with Crippen LogP contribution in [-0.2, 0) is 6.42 Å². The zero-order valence-electron chi connectivity index (χ0n) is 9.02. The smallest absolute Gasteiger partial charge is 0.200 e. The van der Waals surface area contributed by atoms with Crippen molar-refractivity contribution < 1.29 is 26.7 Å². The highest BCUT2D eigenvalue weighted by molar-refractivity contribution is 7.09. The Morgan fingerprint density at radius 3 is 2.00 bits per heavy atom. The topological polar surface area (TPSA) is 30.0 Å². The maximum atomic E-state index is 13.3. The number of hydrogen-bond donors (Lipinski definition) is 0. The van der Waals surface area contributed by atoms with Crippen molar-refractivity contribution in [2.24, 2.45) is 0 Å². The third-order valence-electron chi connectivity index (χ3n) is 2.28. The molecule has 2 aromatic rings. The summed E-state index contributed by atoms with van der Waals surface area (Å²) in [7, 11) is 0. The fourth-order valence-electron chi connectivity index (χ4n) is 1.42. The SMILES string of the molecule is O=C(Cc1nccs1)c1c(F)c(F)c(F)c(F)c1F. The van der Waals surface area contributed by atoms with Crippen molar-refractivity contribution in [2.45, 2.75) is 6.42 Å². The molecule has 19 heavy (non-hydrogen) atoms. The molecule has 0 aliphatic rings. The minimum atomic E-state index is -2.29. The Bertz CT molecular complexity index is 612. The van der Waals surface area contributed by atoms with Crippen LogP contribution in [0.1, 0.15) is 15.4 Å². The van der Waals surface area contributed by atoms with Crippen LogP contribution in [0.3, 0.4) is 0 Å². The van der Waals surface area contributed by atoms with Gasteiger partial charge in [0.25, 0.3) is 0 Å². The van der Waals surface area contributed by atoms with E-state index in [0.717, 1.165) is 11.3 Å². The molecule has 8 heteroatoms. The molecule has 1 heterocycles. The first-order valence-electron chi connectivity index (χ1n) is 4.86. The van der Waals surface area contributed by atoms with Crippen LogP contribution in [0, 0.1) is 29.1 Å². The van der Waals surface area contributed by atoms with Gasteiger partial charge in [-0.25, -0.2) is 26.9 Å². The second kappa shape index (κ2) is 5.04. The van der Waals surface area contributed by atoms with Gasteiger partial charge in [0.05, 0.1) is 12.0 Å². The highest BCUT2D eigenvalue weighted by Gasteiger charge is 2.29. The molecule has 2 nitrogen and oxygen atoms in total. The minimum Gasteiger partial charge on any atom is -0.293 e. The lowest BCUT2D eigenvalue weighted by Crippen LogP contribution is -2.14. The molecule has 0 aliphatic carbocycles. The maximum Gasteiger partial charge on any atom is 0.200 e. The van der Waals surface area contributed by atoms with Gasteiger partial charge in [0, 0.05) is 11.6 Å². The summed E-state index contributed by atoms with van der Waals surface area (Å²) in [4.78, 5) is 15.3. The molecule has 0 bridgehead atoms. The molecule has 0 saturated heterocycles. The van der Waals surface area contributed by atoms with Crippen molar-refractivity contribution in [1.82, 2.24) is 4.98 Å². The average molecular weight is 293 g/mol. The summed E-state index contributed by atoms with van der Waals surface area (Å²) in [6.07, 6.45) is 0.821. The van der Waals surface area contributed by atoms with Crippen LogP contribution in [0.2, 0.25) is 0 Å².